The zero-order chi connectivity index (χ0) is 26.7. The first-order chi connectivity index (χ1) is 18.3. The molecular formula is C30H30F4NO2S+. The van der Waals surface area contributed by atoms with Gasteiger partial charge in [-0.1, -0.05) is 36.4 Å². The van der Waals surface area contributed by atoms with Crippen LogP contribution in [0.3, 0.4) is 0 Å². The number of rotatable bonds is 9. The fraction of sp³-hybridized carbons (Fsp3) is 0.367. The van der Waals surface area contributed by atoms with Crippen molar-refractivity contribution in [1.29, 1.82) is 0 Å². The molecule has 3 heterocycles. The standard InChI is InChI=1S/C30H30F4NO2S/c31-25-9-5-4-8-23(25)24(16-20-17-26(32)29(34)27(33)18-20)30(36)37-28-19-35(12-10-21(28)11-13-35)14-15-38-22-6-2-1-3-7-22/h1-9,17-18,21,24,28H,10-16,19H2/q+1. The van der Waals surface area contributed by atoms with Gasteiger partial charge in [-0.05, 0) is 42.3 Å². The number of halogens is 4. The normalized spacial score (nSPS) is 23.3. The van der Waals surface area contributed by atoms with Gasteiger partial charge < -0.3 is 9.22 Å². The molecule has 2 bridgehead atoms. The fourth-order valence-corrected chi connectivity index (χ4v) is 6.88. The highest BCUT2D eigenvalue weighted by Crippen LogP contribution is 2.37. The molecule has 2 unspecified atom stereocenters. The first-order valence-electron chi connectivity index (χ1n) is 12.9. The van der Waals surface area contributed by atoms with Crippen LogP contribution in [0.25, 0.3) is 0 Å². The Kier molecular flexibility index (Phi) is 8.09. The Hall–Kier alpha value is -2.84. The van der Waals surface area contributed by atoms with Gasteiger partial charge in [-0.3, -0.25) is 4.79 Å². The van der Waals surface area contributed by atoms with Gasteiger partial charge in [0.05, 0.1) is 25.6 Å². The maximum atomic E-state index is 14.8. The lowest BCUT2D eigenvalue weighted by Crippen LogP contribution is -2.65. The summed E-state index contributed by atoms with van der Waals surface area (Å²) in [5.41, 5.74) is 0.147. The van der Waals surface area contributed by atoms with Crippen LogP contribution < -0.4 is 0 Å². The van der Waals surface area contributed by atoms with Crippen molar-refractivity contribution in [3.63, 3.8) is 0 Å². The average molecular weight is 545 g/mol. The Labute approximate surface area is 224 Å². The number of hydrogen-bond donors (Lipinski definition) is 0. The van der Waals surface area contributed by atoms with E-state index in [1.54, 1.807) is 6.07 Å². The van der Waals surface area contributed by atoms with Crippen molar-refractivity contribution in [3.8, 4) is 0 Å². The molecule has 3 saturated heterocycles. The molecule has 3 aromatic carbocycles. The van der Waals surface area contributed by atoms with Gasteiger partial charge in [0, 0.05) is 35.0 Å². The third-order valence-corrected chi connectivity index (χ3v) is 8.93. The Bertz CT molecular complexity index is 1260. The Morgan fingerprint density at radius 2 is 1.58 bits per heavy atom. The van der Waals surface area contributed by atoms with Crippen LogP contribution in [0.5, 0.6) is 0 Å². The average Bonchev–Trinajstić information content (AvgIpc) is 2.92. The summed E-state index contributed by atoms with van der Waals surface area (Å²) in [6, 6.07) is 17.8. The molecule has 3 aromatic rings. The molecule has 6 rings (SSSR count). The lowest BCUT2D eigenvalue weighted by molar-refractivity contribution is -0.943. The summed E-state index contributed by atoms with van der Waals surface area (Å²) >= 11 is 1.82. The number of fused-ring (bicyclic) bond motifs is 3. The number of piperidine rings is 3. The number of esters is 1. The summed E-state index contributed by atoms with van der Waals surface area (Å²) in [6.07, 6.45) is 1.39. The first-order valence-corrected chi connectivity index (χ1v) is 13.9. The molecule has 0 saturated carbocycles. The summed E-state index contributed by atoms with van der Waals surface area (Å²) in [5, 5.41) is 0. The second kappa shape index (κ2) is 11.5. The lowest BCUT2D eigenvalue weighted by atomic mass is 9.83. The molecule has 0 aromatic heterocycles. The van der Waals surface area contributed by atoms with E-state index in [0.29, 0.717) is 6.54 Å². The largest absolute Gasteiger partial charge is 0.456 e. The number of thioether (sulfide) groups is 1. The highest BCUT2D eigenvalue weighted by atomic mass is 32.2. The minimum atomic E-state index is -1.58. The van der Waals surface area contributed by atoms with E-state index in [-0.39, 0.29) is 29.6 Å². The van der Waals surface area contributed by atoms with E-state index in [1.807, 2.05) is 30.0 Å². The van der Waals surface area contributed by atoms with E-state index >= 15 is 0 Å². The Balaban J connectivity index is 1.31. The topological polar surface area (TPSA) is 26.3 Å². The molecule has 8 heteroatoms. The molecule has 3 nitrogen and oxygen atoms in total. The number of quaternary nitrogens is 1. The molecule has 0 spiro atoms. The lowest BCUT2D eigenvalue weighted by Gasteiger charge is -2.52. The monoisotopic (exact) mass is 544 g/mol. The first kappa shape index (κ1) is 26.8. The van der Waals surface area contributed by atoms with E-state index in [0.717, 1.165) is 54.8 Å². The van der Waals surface area contributed by atoms with Gasteiger partial charge in [0.1, 0.15) is 12.4 Å². The highest BCUT2D eigenvalue weighted by molar-refractivity contribution is 7.99. The molecule has 200 valence electrons. The van der Waals surface area contributed by atoms with Gasteiger partial charge in [-0.2, -0.15) is 0 Å². The Morgan fingerprint density at radius 1 is 0.921 bits per heavy atom. The smallest absolute Gasteiger partial charge is 0.314 e. The quantitative estimate of drug-likeness (QED) is 0.101. The van der Waals surface area contributed by atoms with E-state index in [2.05, 4.69) is 12.1 Å². The molecule has 3 aliphatic heterocycles. The molecule has 0 amide bonds. The van der Waals surface area contributed by atoms with Crippen LogP contribution in [0.4, 0.5) is 17.6 Å². The van der Waals surface area contributed by atoms with E-state index in [4.69, 9.17) is 4.74 Å². The van der Waals surface area contributed by atoms with Crippen LogP contribution in [0.15, 0.2) is 71.6 Å². The summed E-state index contributed by atoms with van der Waals surface area (Å²) < 4.78 is 63.0. The molecule has 2 atom stereocenters. The molecule has 38 heavy (non-hydrogen) atoms. The van der Waals surface area contributed by atoms with Gasteiger partial charge in [-0.15, -0.1) is 11.8 Å². The van der Waals surface area contributed by atoms with Crippen molar-refractivity contribution in [2.75, 3.05) is 31.9 Å². The van der Waals surface area contributed by atoms with Crippen LogP contribution in [0.2, 0.25) is 0 Å². The van der Waals surface area contributed by atoms with Crippen LogP contribution in [0.1, 0.15) is 29.9 Å². The second-order valence-electron chi connectivity index (χ2n) is 10.3. The zero-order valence-electron chi connectivity index (χ0n) is 20.9. The SMILES string of the molecule is O=C(OC1C[N+]2(CCSc3ccccc3)CCC1CC2)C(Cc1cc(F)c(F)c(F)c1)c1ccccc1F. The van der Waals surface area contributed by atoms with E-state index in [9.17, 15) is 22.4 Å². The molecule has 0 N–H and O–H groups in total. The fourth-order valence-electron chi connectivity index (χ4n) is 5.81. The summed E-state index contributed by atoms with van der Waals surface area (Å²) in [7, 11) is 0. The number of carbonyl (C=O) groups excluding carboxylic acids is 1. The van der Waals surface area contributed by atoms with Crippen molar-refractivity contribution in [3.05, 3.63) is 101 Å². The minimum absolute atomic E-state index is 0.0574. The molecular weight excluding hydrogens is 514 g/mol. The zero-order valence-corrected chi connectivity index (χ0v) is 21.7. The van der Waals surface area contributed by atoms with Crippen LogP contribution >= 0.6 is 11.8 Å². The molecule has 0 aliphatic carbocycles. The molecule has 3 aliphatic rings. The number of carbonyl (C=O) groups is 1. The number of ether oxygens (including phenoxy) is 1. The molecule has 3 fully saturated rings. The highest BCUT2D eigenvalue weighted by Gasteiger charge is 2.48. The van der Waals surface area contributed by atoms with E-state index in [1.165, 1.54) is 23.1 Å². The summed E-state index contributed by atoms with van der Waals surface area (Å²) in [6.45, 7) is 3.75. The van der Waals surface area contributed by atoms with Crippen molar-refractivity contribution in [1.82, 2.24) is 0 Å². The third-order valence-electron chi connectivity index (χ3n) is 7.94. The predicted molar refractivity (Wildman–Crippen MR) is 139 cm³/mol. The molecule has 0 radical (unpaired) electrons. The summed E-state index contributed by atoms with van der Waals surface area (Å²) in [4.78, 5) is 14.7. The van der Waals surface area contributed by atoms with Gasteiger partial charge in [-0.25, -0.2) is 17.6 Å². The van der Waals surface area contributed by atoms with Crippen LogP contribution in [0, 0.1) is 29.2 Å². The van der Waals surface area contributed by atoms with Crippen molar-refractivity contribution in [2.24, 2.45) is 5.92 Å². The maximum Gasteiger partial charge on any atom is 0.314 e. The van der Waals surface area contributed by atoms with Crippen molar-refractivity contribution >= 4 is 17.7 Å². The Morgan fingerprint density at radius 3 is 2.26 bits per heavy atom. The number of benzene rings is 3. The maximum absolute atomic E-state index is 14.8. The number of hydrogen-bond acceptors (Lipinski definition) is 3. The second-order valence-corrected chi connectivity index (χ2v) is 11.5. The van der Waals surface area contributed by atoms with Gasteiger partial charge in [0.15, 0.2) is 23.6 Å². The van der Waals surface area contributed by atoms with Gasteiger partial charge >= 0.3 is 5.97 Å². The van der Waals surface area contributed by atoms with Crippen LogP contribution in [-0.4, -0.2) is 48.5 Å². The summed E-state index contributed by atoms with van der Waals surface area (Å²) in [5.74, 6) is -5.43. The van der Waals surface area contributed by atoms with Crippen LogP contribution in [-0.2, 0) is 16.0 Å². The van der Waals surface area contributed by atoms with Crippen molar-refractivity contribution < 1.29 is 31.6 Å². The van der Waals surface area contributed by atoms with Gasteiger partial charge in [0.2, 0.25) is 0 Å². The predicted octanol–water partition coefficient (Wildman–Crippen LogP) is 6.51. The minimum Gasteiger partial charge on any atom is -0.456 e. The third kappa shape index (κ3) is 5.91. The van der Waals surface area contributed by atoms with E-state index < -0.39 is 35.2 Å². The number of nitrogens with zero attached hydrogens (tertiary/aromatic N) is 1. The van der Waals surface area contributed by atoms with Crippen molar-refractivity contribution in [2.45, 2.75) is 36.2 Å². The van der Waals surface area contributed by atoms with Gasteiger partial charge in [0.25, 0.3) is 0 Å².